The van der Waals surface area contributed by atoms with E-state index >= 15 is 0 Å². The number of aryl methyl sites for hydroxylation is 1. The molecule has 200 valence electrons. The van der Waals surface area contributed by atoms with E-state index in [-0.39, 0.29) is 17.4 Å². The lowest BCUT2D eigenvalue weighted by Crippen LogP contribution is -2.38. The van der Waals surface area contributed by atoms with Gasteiger partial charge in [0.05, 0.1) is 24.3 Å². The van der Waals surface area contributed by atoms with Gasteiger partial charge in [-0.2, -0.15) is 0 Å². The van der Waals surface area contributed by atoms with Crippen LogP contribution < -0.4 is 9.47 Å². The lowest BCUT2D eigenvalue weighted by Gasteiger charge is -2.28. The molecule has 1 amide bonds. The number of likely N-dealkylation sites (tertiary alicyclic amines) is 1. The predicted octanol–water partition coefficient (Wildman–Crippen LogP) is 5.33. The molecule has 2 aromatic rings. The maximum absolute atomic E-state index is 13.4. The number of ether oxygens (including phenoxy) is 2. The van der Waals surface area contributed by atoms with Gasteiger partial charge in [-0.25, -0.2) is 0 Å². The van der Waals surface area contributed by atoms with Crippen molar-refractivity contribution in [2.24, 2.45) is 0 Å². The second-order valence-corrected chi connectivity index (χ2v) is 9.58. The van der Waals surface area contributed by atoms with Gasteiger partial charge in [0.15, 0.2) is 0 Å². The van der Waals surface area contributed by atoms with Gasteiger partial charge < -0.3 is 24.4 Å². The first-order chi connectivity index (χ1) is 17.7. The normalized spacial score (nSPS) is 17.2. The van der Waals surface area contributed by atoms with Crippen molar-refractivity contribution in [3.63, 3.8) is 0 Å². The van der Waals surface area contributed by atoms with Crippen LogP contribution in [0.1, 0.15) is 63.8 Å². The summed E-state index contributed by atoms with van der Waals surface area (Å²) < 4.78 is 11.5. The fourth-order valence-corrected chi connectivity index (χ4v) is 4.60. The molecule has 3 rings (SSSR count). The summed E-state index contributed by atoms with van der Waals surface area (Å²) in [7, 11) is 0. The number of hydrogen-bond acceptors (Lipinski definition) is 6. The summed E-state index contributed by atoms with van der Waals surface area (Å²) in [6.45, 7) is 15.2. The molecule has 1 unspecified atom stereocenters. The number of nitrogens with zero attached hydrogens (tertiary/aromatic N) is 2. The number of carbonyl (C=O) groups excluding carboxylic acids is 2. The zero-order valence-corrected chi connectivity index (χ0v) is 22.9. The van der Waals surface area contributed by atoms with Gasteiger partial charge in [-0.3, -0.25) is 9.59 Å². The minimum absolute atomic E-state index is 0.0132. The van der Waals surface area contributed by atoms with Gasteiger partial charge in [-0.1, -0.05) is 32.9 Å². The van der Waals surface area contributed by atoms with E-state index in [9.17, 15) is 14.7 Å². The van der Waals surface area contributed by atoms with Crippen LogP contribution in [0.2, 0.25) is 0 Å². The van der Waals surface area contributed by atoms with Crippen LogP contribution in [0.15, 0.2) is 48.0 Å². The number of rotatable bonds is 12. The molecule has 2 aromatic carbocycles. The SMILES string of the molecule is CCCOc1ccc(C2C(=C(O)c3ccc(OC(C)C)cc3C)C(=O)C(=O)N2CCN(CC)CC)cc1. The highest BCUT2D eigenvalue weighted by Crippen LogP contribution is 2.40. The molecule has 1 heterocycles. The Morgan fingerprint density at radius 3 is 2.24 bits per heavy atom. The van der Waals surface area contributed by atoms with Crippen LogP contribution in [0, 0.1) is 6.92 Å². The van der Waals surface area contributed by atoms with Crippen LogP contribution >= 0.6 is 0 Å². The summed E-state index contributed by atoms with van der Waals surface area (Å²) in [4.78, 5) is 30.4. The number of ketones is 1. The maximum Gasteiger partial charge on any atom is 0.295 e. The van der Waals surface area contributed by atoms with Gasteiger partial charge in [-0.05, 0) is 81.7 Å². The molecular weight excluding hydrogens is 468 g/mol. The van der Waals surface area contributed by atoms with E-state index in [2.05, 4.69) is 18.7 Å². The summed E-state index contributed by atoms with van der Waals surface area (Å²) in [5.74, 6) is -0.0310. The molecular formula is C30H40N2O5. The average molecular weight is 509 g/mol. The van der Waals surface area contributed by atoms with E-state index in [0.717, 1.165) is 36.4 Å². The summed E-state index contributed by atoms with van der Waals surface area (Å²) in [6.07, 6.45) is 0.910. The number of amides is 1. The molecule has 37 heavy (non-hydrogen) atoms. The summed E-state index contributed by atoms with van der Waals surface area (Å²) in [5, 5.41) is 11.5. The smallest absolute Gasteiger partial charge is 0.295 e. The second kappa shape index (κ2) is 12.8. The zero-order chi connectivity index (χ0) is 27.1. The summed E-state index contributed by atoms with van der Waals surface area (Å²) in [5.41, 5.74) is 2.12. The number of aliphatic hydroxyl groups is 1. The number of aliphatic hydroxyl groups excluding tert-OH is 1. The van der Waals surface area contributed by atoms with Gasteiger partial charge in [0.1, 0.15) is 17.3 Å². The monoisotopic (exact) mass is 508 g/mol. The third kappa shape index (κ3) is 6.52. The van der Waals surface area contributed by atoms with Gasteiger partial charge in [0.25, 0.3) is 11.7 Å². The van der Waals surface area contributed by atoms with Crippen molar-refractivity contribution in [3.8, 4) is 11.5 Å². The Balaban J connectivity index is 2.07. The summed E-state index contributed by atoms with van der Waals surface area (Å²) in [6, 6.07) is 12.1. The van der Waals surface area contributed by atoms with Crippen molar-refractivity contribution < 1.29 is 24.2 Å². The highest BCUT2D eigenvalue weighted by Gasteiger charge is 2.46. The molecule has 0 aromatic heterocycles. The molecule has 7 nitrogen and oxygen atoms in total. The van der Waals surface area contributed by atoms with Gasteiger partial charge >= 0.3 is 0 Å². The van der Waals surface area contributed by atoms with Gasteiger partial charge in [0, 0.05) is 18.7 Å². The molecule has 0 saturated carbocycles. The molecule has 0 radical (unpaired) electrons. The average Bonchev–Trinajstić information content (AvgIpc) is 3.12. The largest absolute Gasteiger partial charge is 0.507 e. The Bertz CT molecular complexity index is 1120. The minimum atomic E-state index is -0.693. The molecule has 1 atom stereocenters. The van der Waals surface area contributed by atoms with E-state index in [1.807, 2.05) is 58.0 Å². The molecule has 0 spiro atoms. The third-order valence-electron chi connectivity index (χ3n) is 6.58. The van der Waals surface area contributed by atoms with Crippen molar-refractivity contribution >= 4 is 17.4 Å². The number of carbonyl (C=O) groups is 2. The first-order valence-electron chi connectivity index (χ1n) is 13.2. The number of likely N-dealkylation sites (N-methyl/N-ethyl adjacent to an activating group) is 1. The van der Waals surface area contributed by atoms with Crippen LogP contribution in [0.25, 0.3) is 5.76 Å². The second-order valence-electron chi connectivity index (χ2n) is 9.58. The highest BCUT2D eigenvalue weighted by atomic mass is 16.5. The molecule has 1 aliphatic rings. The summed E-state index contributed by atoms with van der Waals surface area (Å²) >= 11 is 0. The Kier molecular flexibility index (Phi) is 9.75. The Morgan fingerprint density at radius 2 is 1.68 bits per heavy atom. The van der Waals surface area contributed by atoms with Crippen LogP contribution in [0.5, 0.6) is 11.5 Å². The first-order valence-corrected chi connectivity index (χ1v) is 13.2. The van der Waals surface area contributed by atoms with Crippen molar-refractivity contribution in [3.05, 3.63) is 64.7 Å². The third-order valence-corrected chi connectivity index (χ3v) is 6.58. The van der Waals surface area contributed by atoms with Crippen molar-refractivity contribution in [1.82, 2.24) is 9.80 Å². The standard InChI is InChI=1S/C30H40N2O5/c1-7-18-36-23-12-10-22(11-13-23)27-26(29(34)30(35)32(27)17-16-31(8-2)9-3)28(33)25-15-14-24(19-21(25)6)37-20(4)5/h10-15,19-20,27,33H,7-9,16-18H2,1-6H3. The molecule has 1 saturated heterocycles. The van der Waals surface area contributed by atoms with Crippen molar-refractivity contribution in [1.29, 1.82) is 0 Å². The van der Waals surface area contributed by atoms with Gasteiger partial charge in [0.2, 0.25) is 0 Å². The lowest BCUT2D eigenvalue weighted by molar-refractivity contribution is -0.140. The molecule has 7 heteroatoms. The fraction of sp³-hybridized carbons (Fsp3) is 0.467. The fourth-order valence-electron chi connectivity index (χ4n) is 4.60. The maximum atomic E-state index is 13.4. The van der Waals surface area contributed by atoms with E-state index in [1.54, 1.807) is 17.0 Å². The van der Waals surface area contributed by atoms with Crippen molar-refractivity contribution in [2.45, 2.75) is 60.1 Å². The zero-order valence-electron chi connectivity index (χ0n) is 22.9. The van der Waals surface area contributed by atoms with Crippen LogP contribution in [0.4, 0.5) is 0 Å². The molecule has 0 bridgehead atoms. The van der Waals surface area contributed by atoms with E-state index in [0.29, 0.717) is 31.0 Å². The molecule has 1 aliphatic heterocycles. The topological polar surface area (TPSA) is 79.3 Å². The number of benzene rings is 2. The lowest BCUT2D eigenvalue weighted by atomic mass is 9.94. The Labute approximate surface area is 220 Å². The molecule has 1 fully saturated rings. The molecule has 1 N–H and O–H groups in total. The number of hydrogen-bond donors (Lipinski definition) is 1. The van der Waals surface area contributed by atoms with Crippen LogP contribution in [0.3, 0.4) is 0 Å². The van der Waals surface area contributed by atoms with Crippen LogP contribution in [-0.2, 0) is 9.59 Å². The van der Waals surface area contributed by atoms with Gasteiger partial charge in [-0.15, -0.1) is 0 Å². The quantitative estimate of drug-likeness (QED) is 0.237. The number of Topliss-reactive ketones (excluding diaryl/α,β-unsaturated/α-hetero) is 1. The minimum Gasteiger partial charge on any atom is -0.507 e. The van der Waals surface area contributed by atoms with Crippen molar-refractivity contribution in [2.75, 3.05) is 32.8 Å². The Morgan fingerprint density at radius 1 is 1.03 bits per heavy atom. The predicted molar refractivity (Wildman–Crippen MR) is 146 cm³/mol. The van der Waals surface area contributed by atoms with Crippen LogP contribution in [-0.4, -0.2) is 65.5 Å². The first kappa shape index (κ1) is 28.3. The Hall–Kier alpha value is -3.32. The van der Waals surface area contributed by atoms with E-state index in [1.165, 1.54) is 0 Å². The van der Waals surface area contributed by atoms with E-state index in [4.69, 9.17) is 9.47 Å². The molecule has 0 aliphatic carbocycles. The highest BCUT2D eigenvalue weighted by molar-refractivity contribution is 6.46. The van der Waals surface area contributed by atoms with E-state index < -0.39 is 17.7 Å².